The molecule has 3 rings (SSSR count). The van der Waals surface area contributed by atoms with Gasteiger partial charge in [-0.05, 0) is 22.9 Å². The van der Waals surface area contributed by atoms with Gasteiger partial charge in [-0.1, -0.05) is 30.3 Å². The Bertz CT molecular complexity index is 709. The fourth-order valence-corrected chi connectivity index (χ4v) is 1.99. The van der Waals surface area contributed by atoms with Crippen LogP contribution in [-0.2, 0) is 13.0 Å². The number of nitrogens with zero attached hydrogens (tertiary/aromatic N) is 2. The molecule has 1 heterocycles. The molecule has 0 unspecified atom stereocenters. The first-order valence-electron chi connectivity index (χ1n) is 6.48. The number of nitrogens with two attached hydrogens (primary N) is 1. The van der Waals surface area contributed by atoms with Crippen molar-refractivity contribution in [1.82, 2.24) is 10.2 Å². The van der Waals surface area contributed by atoms with E-state index in [4.69, 9.17) is 14.9 Å². The van der Waals surface area contributed by atoms with Crippen LogP contribution >= 0.6 is 0 Å². The van der Waals surface area contributed by atoms with Gasteiger partial charge >= 0.3 is 0 Å². The van der Waals surface area contributed by atoms with Gasteiger partial charge in [0.25, 0.3) is 0 Å². The fraction of sp³-hybridized carbons (Fsp3) is 0.200. The molecule has 5 nitrogen and oxygen atoms in total. The van der Waals surface area contributed by atoms with Gasteiger partial charge in [-0.3, -0.25) is 0 Å². The summed E-state index contributed by atoms with van der Waals surface area (Å²) >= 11 is 0. The lowest BCUT2D eigenvalue weighted by Gasteiger charge is -2.05. The average molecular weight is 269 g/mol. The normalized spacial score (nSPS) is 10.8. The lowest BCUT2D eigenvalue weighted by Crippen LogP contribution is -2.01. The van der Waals surface area contributed by atoms with Crippen molar-refractivity contribution in [2.24, 2.45) is 5.73 Å². The van der Waals surface area contributed by atoms with Crippen LogP contribution in [-0.4, -0.2) is 16.8 Å². The minimum atomic E-state index is 0.262. The Morgan fingerprint density at radius 2 is 1.80 bits per heavy atom. The Labute approximate surface area is 116 Å². The van der Waals surface area contributed by atoms with Gasteiger partial charge in [-0.2, -0.15) is 0 Å². The van der Waals surface area contributed by atoms with Gasteiger partial charge in [0.05, 0.1) is 19.6 Å². The van der Waals surface area contributed by atoms with Crippen molar-refractivity contribution in [3.63, 3.8) is 0 Å². The lowest BCUT2D eigenvalue weighted by atomic mass is 10.1. The Morgan fingerprint density at radius 1 is 1.00 bits per heavy atom. The van der Waals surface area contributed by atoms with Crippen molar-refractivity contribution in [2.45, 2.75) is 13.0 Å². The quantitative estimate of drug-likeness (QED) is 0.769. The molecule has 0 saturated heterocycles. The van der Waals surface area contributed by atoms with E-state index in [0.29, 0.717) is 24.8 Å². The third-order valence-electron chi connectivity index (χ3n) is 2.99. The molecule has 0 radical (unpaired) electrons. The minimum Gasteiger partial charge on any atom is -0.493 e. The van der Waals surface area contributed by atoms with Crippen molar-refractivity contribution in [3.8, 4) is 5.75 Å². The average Bonchev–Trinajstić information content (AvgIpc) is 2.95. The molecule has 20 heavy (non-hydrogen) atoms. The SMILES string of the molecule is NCc1nnc(CCOc2ccc3ccccc3c2)o1. The van der Waals surface area contributed by atoms with Crippen molar-refractivity contribution in [2.75, 3.05) is 6.61 Å². The highest BCUT2D eigenvalue weighted by atomic mass is 16.5. The molecular weight excluding hydrogens is 254 g/mol. The summed E-state index contributed by atoms with van der Waals surface area (Å²) in [5.74, 6) is 1.83. The molecule has 0 atom stereocenters. The Hall–Kier alpha value is -2.40. The van der Waals surface area contributed by atoms with E-state index in [-0.39, 0.29) is 6.54 Å². The first-order valence-corrected chi connectivity index (χ1v) is 6.48. The van der Waals surface area contributed by atoms with E-state index >= 15 is 0 Å². The molecule has 0 bridgehead atoms. The zero-order chi connectivity index (χ0) is 13.8. The summed E-state index contributed by atoms with van der Waals surface area (Å²) in [6.45, 7) is 0.753. The van der Waals surface area contributed by atoms with Crippen molar-refractivity contribution >= 4 is 10.8 Å². The Kier molecular flexibility index (Phi) is 3.60. The van der Waals surface area contributed by atoms with Gasteiger partial charge < -0.3 is 14.9 Å². The van der Waals surface area contributed by atoms with Crippen LogP contribution in [0.1, 0.15) is 11.8 Å². The van der Waals surface area contributed by atoms with Gasteiger partial charge in [0.2, 0.25) is 11.8 Å². The van der Waals surface area contributed by atoms with E-state index in [9.17, 15) is 0 Å². The highest BCUT2D eigenvalue weighted by Crippen LogP contribution is 2.20. The van der Waals surface area contributed by atoms with Crippen molar-refractivity contribution in [1.29, 1.82) is 0 Å². The van der Waals surface area contributed by atoms with E-state index in [2.05, 4.69) is 22.3 Å². The first kappa shape index (κ1) is 12.6. The molecule has 0 aliphatic heterocycles. The second kappa shape index (κ2) is 5.71. The molecule has 1 aromatic heterocycles. The zero-order valence-electron chi connectivity index (χ0n) is 11.0. The van der Waals surface area contributed by atoms with Crippen LogP contribution in [0, 0.1) is 0 Å². The summed E-state index contributed by atoms with van der Waals surface area (Å²) in [5, 5.41) is 10.1. The van der Waals surface area contributed by atoms with Gasteiger partial charge in [0.15, 0.2) is 0 Å². The fourth-order valence-electron chi connectivity index (χ4n) is 1.99. The standard InChI is InChI=1S/C15H15N3O2/c16-10-15-18-17-14(20-15)7-8-19-13-6-5-11-3-1-2-4-12(11)9-13/h1-6,9H,7-8,10,16H2. The van der Waals surface area contributed by atoms with Crippen LogP contribution in [0.2, 0.25) is 0 Å². The van der Waals surface area contributed by atoms with Crippen LogP contribution in [0.5, 0.6) is 5.75 Å². The maximum atomic E-state index is 5.70. The molecule has 0 spiro atoms. The molecular formula is C15H15N3O2. The molecule has 0 fully saturated rings. The summed E-state index contributed by atoms with van der Waals surface area (Å²) < 4.78 is 11.0. The van der Waals surface area contributed by atoms with Crippen LogP contribution in [0.25, 0.3) is 10.8 Å². The van der Waals surface area contributed by atoms with E-state index in [0.717, 1.165) is 11.1 Å². The second-order valence-electron chi connectivity index (χ2n) is 4.40. The number of benzene rings is 2. The molecule has 0 amide bonds. The highest BCUT2D eigenvalue weighted by molar-refractivity contribution is 5.83. The van der Waals surface area contributed by atoms with Gasteiger partial charge in [-0.25, -0.2) is 0 Å². The Morgan fingerprint density at radius 3 is 2.60 bits per heavy atom. The molecule has 3 aromatic rings. The molecule has 102 valence electrons. The highest BCUT2D eigenvalue weighted by Gasteiger charge is 2.04. The predicted molar refractivity (Wildman–Crippen MR) is 75.3 cm³/mol. The van der Waals surface area contributed by atoms with Crippen LogP contribution in [0.15, 0.2) is 46.9 Å². The molecule has 5 heteroatoms. The summed E-state index contributed by atoms with van der Waals surface area (Å²) in [6, 6.07) is 14.2. The van der Waals surface area contributed by atoms with E-state index in [1.807, 2.05) is 30.3 Å². The largest absolute Gasteiger partial charge is 0.493 e. The van der Waals surface area contributed by atoms with Crippen molar-refractivity contribution in [3.05, 3.63) is 54.2 Å². The van der Waals surface area contributed by atoms with Crippen LogP contribution < -0.4 is 10.5 Å². The summed E-state index contributed by atoms with van der Waals surface area (Å²) in [6.07, 6.45) is 0.569. The van der Waals surface area contributed by atoms with Gasteiger partial charge in [-0.15, -0.1) is 10.2 Å². The molecule has 2 N–H and O–H groups in total. The third kappa shape index (κ3) is 2.78. The zero-order valence-corrected chi connectivity index (χ0v) is 11.0. The van der Waals surface area contributed by atoms with Crippen molar-refractivity contribution < 1.29 is 9.15 Å². The minimum absolute atomic E-state index is 0.262. The number of fused-ring (bicyclic) bond motifs is 1. The second-order valence-corrected chi connectivity index (χ2v) is 4.40. The maximum Gasteiger partial charge on any atom is 0.230 e. The molecule has 2 aromatic carbocycles. The monoisotopic (exact) mass is 269 g/mol. The number of hydrogen-bond acceptors (Lipinski definition) is 5. The lowest BCUT2D eigenvalue weighted by molar-refractivity contribution is 0.304. The number of rotatable bonds is 5. The van der Waals surface area contributed by atoms with E-state index in [1.165, 1.54) is 5.39 Å². The summed E-state index contributed by atoms with van der Waals surface area (Å²) in [5.41, 5.74) is 5.41. The molecule has 0 aliphatic carbocycles. The maximum absolute atomic E-state index is 5.70. The van der Waals surface area contributed by atoms with Crippen LogP contribution in [0.3, 0.4) is 0 Å². The number of ether oxygens (including phenoxy) is 1. The van der Waals surface area contributed by atoms with Gasteiger partial charge in [0.1, 0.15) is 5.75 Å². The first-order chi connectivity index (χ1) is 9.85. The molecule has 0 aliphatic rings. The number of aromatic nitrogens is 2. The summed E-state index contributed by atoms with van der Waals surface area (Å²) in [7, 11) is 0. The predicted octanol–water partition coefficient (Wildman–Crippen LogP) is 2.30. The Balaban J connectivity index is 1.62. The van der Waals surface area contributed by atoms with E-state index in [1.54, 1.807) is 0 Å². The third-order valence-corrected chi connectivity index (χ3v) is 2.99. The smallest absolute Gasteiger partial charge is 0.230 e. The van der Waals surface area contributed by atoms with Crippen LogP contribution in [0.4, 0.5) is 0 Å². The number of hydrogen-bond donors (Lipinski definition) is 1. The van der Waals surface area contributed by atoms with Gasteiger partial charge in [0, 0.05) is 0 Å². The van der Waals surface area contributed by atoms with E-state index < -0.39 is 0 Å². The summed E-state index contributed by atoms with van der Waals surface area (Å²) in [4.78, 5) is 0. The topological polar surface area (TPSA) is 74.2 Å². The molecule has 0 saturated carbocycles.